The Morgan fingerprint density at radius 1 is 0.900 bits per heavy atom. The summed E-state index contributed by atoms with van der Waals surface area (Å²) in [6, 6.07) is 13.6. The lowest BCUT2D eigenvalue weighted by atomic mass is 9.76. The molecule has 1 atom stereocenters. The van der Waals surface area contributed by atoms with E-state index in [4.69, 9.17) is 0 Å². The lowest BCUT2D eigenvalue weighted by Crippen LogP contribution is -2.13. The summed E-state index contributed by atoms with van der Waals surface area (Å²) in [5.74, 6) is 0.584. The predicted molar refractivity (Wildman–Crippen MR) is 85.2 cm³/mol. The first kappa shape index (κ1) is 12.0. The van der Waals surface area contributed by atoms with Gasteiger partial charge in [-0.1, -0.05) is 55.0 Å². The molecule has 4 rings (SSSR count). The molecule has 20 heavy (non-hydrogen) atoms. The molecule has 0 N–H and O–H groups in total. The van der Waals surface area contributed by atoms with Gasteiger partial charge in [-0.3, -0.25) is 0 Å². The summed E-state index contributed by atoms with van der Waals surface area (Å²) >= 11 is 0. The summed E-state index contributed by atoms with van der Waals surface area (Å²) in [5, 5.41) is 0. The van der Waals surface area contributed by atoms with Crippen LogP contribution in [0, 0.1) is 0 Å². The van der Waals surface area contributed by atoms with Gasteiger partial charge in [0.05, 0.1) is 0 Å². The lowest BCUT2D eigenvalue weighted by molar-refractivity contribution is 0.820. The van der Waals surface area contributed by atoms with Gasteiger partial charge in [0.1, 0.15) is 0 Å². The molecule has 0 heterocycles. The summed E-state index contributed by atoms with van der Waals surface area (Å²) in [6.07, 6.45) is 5.94. The Balaban J connectivity index is 1.94. The fourth-order valence-electron chi connectivity index (χ4n) is 3.84. The second-order valence-electron chi connectivity index (χ2n) is 6.19. The molecule has 2 aliphatic rings. The molecular formula is C20H20. The van der Waals surface area contributed by atoms with Crippen LogP contribution in [0.5, 0.6) is 0 Å². The van der Waals surface area contributed by atoms with E-state index >= 15 is 0 Å². The van der Waals surface area contributed by atoms with Gasteiger partial charge in [0.15, 0.2) is 0 Å². The van der Waals surface area contributed by atoms with E-state index in [1.165, 1.54) is 35.1 Å². The number of benzene rings is 2. The molecule has 0 bridgehead atoms. The highest BCUT2D eigenvalue weighted by atomic mass is 14.3. The maximum Gasteiger partial charge on any atom is 0.00201 e. The molecule has 0 aliphatic heterocycles. The third-order valence-electron chi connectivity index (χ3n) is 5.20. The minimum absolute atomic E-state index is 0.584. The van der Waals surface area contributed by atoms with Crippen molar-refractivity contribution in [1.82, 2.24) is 0 Å². The molecule has 0 saturated carbocycles. The summed E-state index contributed by atoms with van der Waals surface area (Å²) in [4.78, 5) is 0. The molecule has 0 amide bonds. The number of allylic oxidation sites excluding steroid dienone is 2. The fraction of sp³-hybridized carbons (Fsp3) is 0.300. The van der Waals surface area contributed by atoms with Crippen LogP contribution in [-0.4, -0.2) is 0 Å². The van der Waals surface area contributed by atoms with Crippen molar-refractivity contribution in [3.63, 3.8) is 0 Å². The van der Waals surface area contributed by atoms with Gasteiger partial charge < -0.3 is 0 Å². The van der Waals surface area contributed by atoms with E-state index in [1.807, 2.05) is 0 Å². The Morgan fingerprint density at radius 3 is 2.65 bits per heavy atom. The molecule has 0 aromatic heterocycles. The van der Waals surface area contributed by atoms with Gasteiger partial charge in [-0.15, -0.1) is 0 Å². The summed E-state index contributed by atoms with van der Waals surface area (Å²) in [6.45, 7) is 4.61. The van der Waals surface area contributed by atoms with Crippen molar-refractivity contribution in [3.8, 4) is 11.1 Å². The van der Waals surface area contributed by atoms with Crippen LogP contribution in [0.1, 0.15) is 42.0 Å². The van der Waals surface area contributed by atoms with Crippen molar-refractivity contribution < 1.29 is 0 Å². The van der Waals surface area contributed by atoms with Crippen LogP contribution in [0.4, 0.5) is 0 Å². The molecule has 2 aromatic carbocycles. The van der Waals surface area contributed by atoms with Crippen LogP contribution < -0.4 is 0 Å². The quantitative estimate of drug-likeness (QED) is 0.581. The highest BCUT2D eigenvalue weighted by Gasteiger charge is 2.24. The molecule has 0 nitrogen and oxygen atoms in total. The molecule has 0 heteroatoms. The largest absolute Gasteiger partial charge is 0.0806 e. The molecule has 1 unspecified atom stereocenters. The highest BCUT2D eigenvalue weighted by molar-refractivity contribution is 5.75. The minimum Gasteiger partial charge on any atom is -0.0806 e. The second kappa shape index (κ2) is 4.34. The van der Waals surface area contributed by atoms with E-state index in [0.29, 0.717) is 5.92 Å². The van der Waals surface area contributed by atoms with Crippen LogP contribution in [0.3, 0.4) is 0 Å². The SMILES string of the molecule is CC1=CCc2c(ccc3c2CCc2ccccc2-3)C1C. The molecule has 0 saturated heterocycles. The average molecular weight is 260 g/mol. The summed E-state index contributed by atoms with van der Waals surface area (Å²) < 4.78 is 0. The zero-order valence-electron chi connectivity index (χ0n) is 12.2. The van der Waals surface area contributed by atoms with Crippen molar-refractivity contribution in [2.45, 2.75) is 39.0 Å². The normalized spacial score (nSPS) is 19.7. The van der Waals surface area contributed by atoms with Crippen molar-refractivity contribution >= 4 is 0 Å². The van der Waals surface area contributed by atoms with Gasteiger partial charge in [0.2, 0.25) is 0 Å². The van der Waals surface area contributed by atoms with Gasteiger partial charge in [-0.25, -0.2) is 0 Å². The Morgan fingerprint density at radius 2 is 1.75 bits per heavy atom. The Bertz CT molecular complexity index is 719. The Hall–Kier alpha value is -1.82. The number of fused-ring (bicyclic) bond motifs is 5. The van der Waals surface area contributed by atoms with Crippen LogP contribution in [0.2, 0.25) is 0 Å². The zero-order chi connectivity index (χ0) is 13.7. The standard InChI is InChI=1S/C20H20/c1-13-7-9-18-16(14(13)2)11-12-19-17-6-4-3-5-15(17)8-10-20(18)19/h3-7,11-12,14H,8-10H2,1-2H3. The van der Waals surface area contributed by atoms with Gasteiger partial charge in [-0.2, -0.15) is 0 Å². The summed E-state index contributed by atoms with van der Waals surface area (Å²) in [7, 11) is 0. The highest BCUT2D eigenvalue weighted by Crippen LogP contribution is 2.41. The lowest BCUT2D eigenvalue weighted by Gasteiger charge is -2.29. The zero-order valence-corrected chi connectivity index (χ0v) is 12.2. The van der Waals surface area contributed by atoms with E-state index in [9.17, 15) is 0 Å². The Kier molecular flexibility index (Phi) is 2.60. The number of aryl methyl sites for hydroxylation is 1. The molecule has 2 aromatic rings. The summed E-state index contributed by atoms with van der Waals surface area (Å²) in [5.41, 5.74) is 10.7. The van der Waals surface area contributed by atoms with Crippen LogP contribution in [-0.2, 0) is 19.3 Å². The average Bonchev–Trinajstić information content (AvgIpc) is 2.50. The maximum absolute atomic E-state index is 2.42. The van der Waals surface area contributed by atoms with Crippen LogP contribution >= 0.6 is 0 Å². The maximum atomic E-state index is 2.42. The molecule has 0 fully saturated rings. The molecule has 100 valence electrons. The monoisotopic (exact) mass is 260 g/mol. The third kappa shape index (κ3) is 1.61. The minimum atomic E-state index is 0.584. The van der Waals surface area contributed by atoms with Crippen molar-refractivity contribution in [1.29, 1.82) is 0 Å². The third-order valence-corrected chi connectivity index (χ3v) is 5.20. The van der Waals surface area contributed by atoms with Gasteiger partial charge in [-0.05, 0) is 59.6 Å². The van der Waals surface area contributed by atoms with E-state index in [0.717, 1.165) is 6.42 Å². The smallest absolute Gasteiger partial charge is 0.00201 e. The number of hydrogen-bond donors (Lipinski definition) is 0. The fourth-order valence-corrected chi connectivity index (χ4v) is 3.84. The van der Waals surface area contributed by atoms with Crippen LogP contribution in [0.15, 0.2) is 48.0 Å². The van der Waals surface area contributed by atoms with Gasteiger partial charge in [0.25, 0.3) is 0 Å². The number of rotatable bonds is 0. The first-order valence-corrected chi connectivity index (χ1v) is 7.65. The first-order chi connectivity index (χ1) is 9.75. The van der Waals surface area contributed by atoms with Crippen LogP contribution in [0.25, 0.3) is 11.1 Å². The second-order valence-corrected chi connectivity index (χ2v) is 6.19. The molecule has 2 aliphatic carbocycles. The van der Waals surface area contributed by atoms with Gasteiger partial charge >= 0.3 is 0 Å². The van der Waals surface area contributed by atoms with Crippen molar-refractivity contribution in [2.75, 3.05) is 0 Å². The molecule has 0 spiro atoms. The first-order valence-electron chi connectivity index (χ1n) is 7.65. The Labute approximate surface area is 121 Å². The van der Waals surface area contributed by atoms with E-state index in [2.05, 4.69) is 56.3 Å². The predicted octanol–water partition coefficient (Wildman–Crippen LogP) is 5.06. The molecule has 0 radical (unpaired) electrons. The van der Waals surface area contributed by atoms with Crippen molar-refractivity contribution in [2.24, 2.45) is 0 Å². The van der Waals surface area contributed by atoms with E-state index < -0.39 is 0 Å². The topological polar surface area (TPSA) is 0 Å². The van der Waals surface area contributed by atoms with Crippen molar-refractivity contribution in [3.05, 3.63) is 70.3 Å². The van der Waals surface area contributed by atoms with Gasteiger partial charge in [0, 0.05) is 5.92 Å². The molecular weight excluding hydrogens is 240 g/mol. The van der Waals surface area contributed by atoms with E-state index in [1.54, 1.807) is 16.7 Å². The number of hydrogen-bond acceptors (Lipinski definition) is 0. The van der Waals surface area contributed by atoms with E-state index in [-0.39, 0.29) is 0 Å².